The summed E-state index contributed by atoms with van der Waals surface area (Å²) in [6.07, 6.45) is 0.995. The van der Waals surface area contributed by atoms with Gasteiger partial charge in [-0.15, -0.1) is 0 Å². The highest BCUT2D eigenvalue weighted by Crippen LogP contribution is 2.43. The molecule has 2 fully saturated rings. The van der Waals surface area contributed by atoms with Crippen LogP contribution in [0.5, 0.6) is 0 Å². The Hall–Kier alpha value is -1.82. The highest BCUT2D eigenvalue weighted by molar-refractivity contribution is 5.69. The van der Waals surface area contributed by atoms with Crippen molar-refractivity contribution in [3.8, 4) is 6.07 Å². The lowest BCUT2D eigenvalue weighted by molar-refractivity contribution is -0.218. The van der Waals surface area contributed by atoms with Crippen LogP contribution in [-0.2, 0) is 9.47 Å². The molecule has 3 aliphatic rings. The number of carbonyl (C=O) groups is 1. The molecule has 8 nitrogen and oxygen atoms in total. The zero-order chi connectivity index (χ0) is 16.4. The predicted octanol–water partition coefficient (Wildman–Crippen LogP) is -0.0335. The van der Waals surface area contributed by atoms with E-state index in [0.29, 0.717) is 38.4 Å². The smallest absolute Gasteiger partial charge is 0.407 e. The normalized spacial score (nSPS) is 31.0. The van der Waals surface area contributed by atoms with E-state index in [9.17, 15) is 15.2 Å². The Bertz CT molecular complexity index is 552. The molecule has 2 N–H and O–H groups in total. The summed E-state index contributed by atoms with van der Waals surface area (Å²) in [5, 5.41) is 23.8. The highest BCUT2D eigenvalue weighted by Gasteiger charge is 2.58. The van der Waals surface area contributed by atoms with Crippen molar-refractivity contribution in [2.75, 3.05) is 39.5 Å². The number of amides is 1. The van der Waals surface area contributed by atoms with Crippen LogP contribution in [0, 0.1) is 11.3 Å². The number of rotatable bonds is 3. The Kier molecular flexibility index (Phi) is 4.43. The van der Waals surface area contributed by atoms with Crippen LogP contribution in [0.25, 0.3) is 0 Å². The number of morpholine rings is 1. The molecule has 2 unspecified atom stereocenters. The average molecular weight is 322 g/mol. The van der Waals surface area contributed by atoms with Gasteiger partial charge in [0, 0.05) is 25.3 Å². The van der Waals surface area contributed by atoms with Gasteiger partial charge in [-0.05, 0) is 19.8 Å². The van der Waals surface area contributed by atoms with Crippen molar-refractivity contribution >= 4 is 6.09 Å². The predicted molar refractivity (Wildman–Crippen MR) is 79.9 cm³/mol. The van der Waals surface area contributed by atoms with Gasteiger partial charge >= 0.3 is 6.09 Å². The molecule has 8 heteroatoms. The Morgan fingerprint density at radius 2 is 2.26 bits per heavy atom. The van der Waals surface area contributed by atoms with E-state index in [-0.39, 0.29) is 6.61 Å². The molecule has 3 rings (SSSR count). The molecule has 0 aromatic heterocycles. The number of alkyl carbamates (subject to hydrolysis) is 1. The minimum Gasteiger partial charge on any atom is -0.450 e. The Morgan fingerprint density at radius 1 is 1.52 bits per heavy atom. The standard InChI is InChI=1S/C15H22N4O4/c1-2-23-14(20)17-13-11(10-16)12-4-3-5-19(12)15(13,21)18-6-8-22-9-7-18/h13,21H,2-9H2,1H3,(H,17,20). The van der Waals surface area contributed by atoms with E-state index < -0.39 is 18.0 Å². The summed E-state index contributed by atoms with van der Waals surface area (Å²) in [5.41, 5.74) is 1.24. The lowest BCUT2D eigenvalue weighted by atomic mass is 10.0. The zero-order valence-electron chi connectivity index (χ0n) is 13.2. The third-order valence-corrected chi connectivity index (χ3v) is 4.64. The average Bonchev–Trinajstić information content (AvgIpc) is 3.12. The molecule has 3 heterocycles. The van der Waals surface area contributed by atoms with Crippen LogP contribution in [0.3, 0.4) is 0 Å². The maximum Gasteiger partial charge on any atom is 0.407 e. The van der Waals surface area contributed by atoms with E-state index >= 15 is 0 Å². The number of aliphatic hydroxyl groups is 1. The number of nitrogens with zero attached hydrogens (tertiary/aromatic N) is 3. The Balaban J connectivity index is 1.94. The summed E-state index contributed by atoms with van der Waals surface area (Å²) in [4.78, 5) is 15.6. The molecule has 0 bridgehead atoms. The second kappa shape index (κ2) is 6.35. The number of hydrogen-bond donors (Lipinski definition) is 2. The molecule has 3 aliphatic heterocycles. The summed E-state index contributed by atoms with van der Waals surface area (Å²) >= 11 is 0. The largest absolute Gasteiger partial charge is 0.450 e. The lowest BCUT2D eigenvalue weighted by Crippen LogP contribution is -2.69. The Labute approximate surface area is 135 Å². The number of hydrogen-bond acceptors (Lipinski definition) is 7. The van der Waals surface area contributed by atoms with Crippen molar-refractivity contribution in [1.82, 2.24) is 15.1 Å². The summed E-state index contributed by atoms with van der Waals surface area (Å²) < 4.78 is 10.3. The zero-order valence-corrected chi connectivity index (χ0v) is 13.2. The fourth-order valence-corrected chi connectivity index (χ4v) is 3.67. The molecule has 0 spiro atoms. The first-order chi connectivity index (χ1) is 11.1. The first kappa shape index (κ1) is 16.1. The SMILES string of the molecule is CCOC(=O)NC1C(C#N)=C2CCCN2C1(O)N1CCOCC1. The minimum atomic E-state index is -1.44. The van der Waals surface area contributed by atoms with Gasteiger partial charge in [0.15, 0.2) is 0 Å². The van der Waals surface area contributed by atoms with Crippen LogP contribution in [0.15, 0.2) is 11.3 Å². The van der Waals surface area contributed by atoms with Crippen LogP contribution in [0.1, 0.15) is 19.8 Å². The summed E-state index contributed by atoms with van der Waals surface area (Å²) in [6, 6.07) is 1.36. The van der Waals surface area contributed by atoms with E-state index in [1.54, 1.807) is 6.92 Å². The van der Waals surface area contributed by atoms with Gasteiger partial charge < -0.3 is 24.8 Å². The van der Waals surface area contributed by atoms with Crippen LogP contribution >= 0.6 is 0 Å². The molecule has 0 aliphatic carbocycles. The van der Waals surface area contributed by atoms with Gasteiger partial charge in [-0.3, -0.25) is 4.90 Å². The van der Waals surface area contributed by atoms with Gasteiger partial charge in [-0.25, -0.2) is 4.79 Å². The van der Waals surface area contributed by atoms with Crippen LogP contribution < -0.4 is 5.32 Å². The number of carbonyl (C=O) groups excluding carboxylic acids is 1. The van der Waals surface area contributed by atoms with Crippen molar-refractivity contribution < 1.29 is 19.4 Å². The third kappa shape index (κ3) is 2.55. The molecule has 2 atom stereocenters. The van der Waals surface area contributed by atoms with Crippen molar-refractivity contribution in [3.05, 3.63) is 11.3 Å². The molecular formula is C15H22N4O4. The van der Waals surface area contributed by atoms with E-state index in [0.717, 1.165) is 18.5 Å². The maximum absolute atomic E-state index is 11.9. The lowest BCUT2D eigenvalue weighted by Gasteiger charge is -2.47. The summed E-state index contributed by atoms with van der Waals surface area (Å²) in [7, 11) is 0. The second-order valence-electron chi connectivity index (χ2n) is 5.81. The van der Waals surface area contributed by atoms with Gasteiger partial charge in [-0.2, -0.15) is 5.26 Å². The van der Waals surface area contributed by atoms with E-state index in [4.69, 9.17) is 9.47 Å². The molecule has 0 aromatic rings. The molecule has 0 radical (unpaired) electrons. The van der Waals surface area contributed by atoms with Gasteiger partial charge in [0.2, 0.25) is 5.85 Å². The third-order valence-electron chi connectivity index (χ3n) is 4.64. The van der Waals surface area contributed by atoms with Crippen LogP contribution in [-0.4, -0.2) is 72.3 Å². The number of fused-ring (bicyclic) bond motifs is 1. The van der Waals surface area contributed by atoms with E-state index in [2.05, 4.69) is 11.4 Å². The molecular weight excluding hydrogens is 300 g/mol. The molecule has 0 saturated carbocycles. The number of nitriles is 1. The maximum atomic E-state index is 11.9. The molecule has 2 saturated heterocycles. The first-order valence-corrected chi connectivity index (χ1v) is 8.02. The number of nitrogens with one attached hydrogen (secondary N) is 1. The summed E-state index contributed by atoms with van der Waals surface area (Å²) in [5.74, 6) is -1.44. The van der Waals surface area contributed by atoms with Gasteiger partial charge in [0.25, 0.3) is 0 Å². The van der Waals surface area contributed by atoms with Crippen molar-refractivity contribution in [2.45, 2.75) is 31.7 Å². The van der Waals surface area contributed by atoms with Crippen molar-refractivity contribution in [1.29, 1.82) is 5.26 Å². The molecule has 0 aromatic carbocycles. The Morgan fingerprint density at radius 3 is 2.91 bits per heavy atom. The monoisotopic (exact) mass is 322 g/mol. The highest BCUT2D eigenvalue weighted by atomic mass is 16.5. The van der Waals surface area contributed by atoms with Crippen LogP contribution in [0.2, 0.25) is 0 Å². The van der Waals surface area contributed by atoms with Crippen LogP contribution in [0.4, 0.5) is 4.79 Å². The van der Waals surface area contributed by atoms with Gasteiger partial charge in [0.05, 0.1) is 31.5 Å². The first-order valence-electron chi connectivity index (χ1n) is 8.02. The minimum absolute atomic E-state index is 0.233. The van der Waals surface area contributed by atoms with Gasteiger partial charge in [0.1, 0.15) is 6.04 Å². The number of ether oxygens (including phenoxy) is 2. The summed E-state index contributed by atoms with van der Waals surface area (Å²) in [6.45, 7) is 4.72. The van der Waals surface area contributed by atoms with Gasteiger partial charge in [-0.1, -0.05) is 0 Å². The molecule has 23 heavy (non-hydrogen) atoms. The fourth-order valence-electron chi connectivity index (χ4n) is 3.67. The van der Waals surface area contributed by atoms with Crippen molar-refractivity contribution in [3.63, 3.8) is 0 Å². The van der Waals surface area contributed by atoms with E-state index in [1.807, 2.05) is 9.80 Å². The second-order valence-corrected chi connectivity index (χ2v) is 5.81. The number of allylic oxidation sites excluding steroid dienone is 1. The fraction of sp³-hybridized carbons (Fsp3) is 0.733. The van der Waals surface area contributed by atoms with Crippen molar-refractivity contribution in [2.24, 2.45) is 0 Å². The van der Waals surface area contributed by atoms with E-state index in [1.165, 1.54) is 0 Å². The molecule has 126 valence electrons. The molecule has 1 amide bonds. The quantitative estimate of drug-likeness (QED) is 0.752. The topological polar surface area (TPSA) is 98.1 Å².